The fraction of sp³-hybridized carbons (Fsp3) is 0.118. The van der Waals surface area contributed by atoms with E-state index in [-0.39, 0.29) is 5.89 Å². The van der Waals surface area contributed by atoms with Crippen LogP contribution in [0.15, 0.2) is 63.5 Å². The zero-order valence-corrected chi connectivity index (χ0v) is 13.9. The summed E-state index contributed by atoms with van der Waals surface area (Å²) in [5, 5.41) is 7.94. The molecule has 0 aliphatic carbocycles. The number of esters is 1. The van der Waals surface area contributed by atoms with Crippen molar-refractivity contribution in [3.8, 4) is 11.5 Å². The normalized spacial score (nSPS) is 11.9. The number of halogens is 1. The van der Waals surface area contributed by atoms with E-state index in [9.17, 15) is 4.79 Å². The fourth-order valence-corrected chi connectivity index (χ4v) is 2.23. The molecule has 0 unspecified atom stereocenters. The molecule has 1 heterocycles. The highest BCUT2D eigenvalue weighted by Crippen LogP contribution is 2.23. The SMILES string of the molecule is C[C@@H](OC(=O)c1ccc(Br)cc1)c1nnc(-c2ccccc2)o1. The molecule has 0 N–H and O–H groups in total. The number of carbonyl (C=O) groups is 1. The number of carbonyl (C=O) groups excluding carboxylic acids is 1. The van der Waals surface area contributed by atoms with Crippen molar-refractivity contribution >= 4 is 21.9 Å². The number of hydrogen-bond acceptors (Lipinski definition) is 5. The minimum atomic E-state index is -0.629. The quantitative estimate of drug-likeness (QED) is 0.634. The van der Waals surface area contributed by atoms with Gasteiger partial charge in [-0.15, -0.1) is 10.2 Å². The summed E-state index contributed by atoms with van der Waals surface area (Å²) in [4.78, 5) is 12.1. The van der Waals surface area contributed by atoms with Crippen LogP contribution in [0, 0.1) is 0 Å². The lowest BCUT2D eigenvalue weighted by molar-refractivity contribution is 0.0280. The van der Waals surface area contributed by atoms with Gasteiger partial charge in [-0.1, -0.05) is 34.1 Å². The first-order valence-electron chi connectivity index (χ1n) is 6.99. The third-order valence-corrected chi connectivity index (χ3v) is 3.70. The second-order valence-corrected chi connectivity index (χ2v) is 5.78. The van der Waals surface area contributed by atoms with E-state index >= 15 is 0 Å². The molecule has 2 aromatic carbocycles. The molecule has 1 aromatic heterocycles. The van der Waals surface area contributed by atoms with Crippen molar-refractivity contribution in [2.45, 2.75) is 13.0 Å². The van der Waals surface area contributed by atoms with E-state index in [1.54, 1.807) is 31.2 Å². The van der Waals surface area contributed by atoms with Crippen molar-refractivity contribution in [2.24, 2.45) is 0 Å². The van der Waals surface area contributed by atoms with Gasteiger partial charge >= 0.3 is 5.97 Å². The maximum atomic E-state index is 12.1. The molecule has 0 spiro atoms. The minimum absolute atomic E-state index is 0.259. The van der Waals surface area contributed by atoms with Crippen LogP contribution in [0.1, 0.15) is 29.3 Å². The molecule has 0 bridgehead atoms. The average Bonchev–Trinajstić information content (AvgIpc) is 3.06. The molecule has 3 rings (SSSR count). The lowest BCUT2D eigenvalue weighted by Gasteiger charge is -2.09. The number of rotatable bonds is 4. The second kappa shape index (κ2) is 6.75. The molecule has 0 aliphatic rings. The van der Waals surface area contributed by atoms with E-state index in [1.807, 2.05) is 30.3 Å². The molecule has 116 valence electrons. The topological polar surface area (TPSA) is 65.2 Å². The molecule has 0 radical (unpaired) electrons. The largest absolute Gasteiger partial charge is 0.449 e. The number of aromatic nitrogens is 2. The Labute approximate surface area is 141 Å². The first-order valence-corrected chi connectivity index (χ1v) is 7.78. The number of benzene rings is 2. The highest BCUT2D eigenvalue weighted by molar-refractivity contribution is 9.10. The van der Waals surface area contributed by atoms with Crippen molar-refractivity contribution in [1.29, 1.82) is 0 Å². The average molecular weight is 373 g/mol. The van der Waals surface area contributed by atoms with Crippen LogP contribution < -0.4 is 0 Å². The van der Waals surface area contributed by atoms with Crippen LogP contribution in [0.4, 0.5) is 0 Å². The monoisotopic (exact) mass is 372 g/mol. The van der Waals surface area contributed by atoms with E-state index in [2.05, 4.69) is 26.1 Å². The molecule has 23 heavy (non-hydrogen) atoms. The Morgan fingerprint density at radius 3 is 2.48 bits per heavy atom. The maximum Gasteiger partial charge on any atom is 0.338 e. The second-order valence-electron chi connectivity index (χ2n) is 4.87. The first-order chi connectivity index (χ1) is 11.1. The summed E-state index contributed by atoms with van der Waals surface area (Å²) < 4.78 is 11.8. The molecule has 1 atom stereocenters. The first kappa shape index (κ1) is 15.4. The van der Waals surface area contributed by atoms with Crippen LogP contribution in [0.3, 0.4) is 0 Å². The van der Waals surface area contributed by atoms with Crippen molar-refractivity contribution in [3.63, 3.8) is 0 Å². The molecule has 0 saturated heterocycles. The Balaban J connectivity index is 1.71. The van der Waals surface area contributed by atoms with Crippen LogP contribution in [0.5, 0.6) is 0 Å². The van der Waals surface area contributed by atoms with Crippen LogP contribution in [0.25, 0.3) is 11.5 Å². The van der Waals surface area contributed by atoms with Gasteiger partial charge in [-0.25, -0.2) is 4.79 Å². The molecule has 0 aliphatic heterocycles. The summed E-state index contributed by atoms with van der Waals surface area (Å²) in [5.74, 6) is 0.214. The highest BCUT2D eigenvalue weighted by Gasteiger charge is 2.19. The Hall–Kier alpha value is -2.47. The van der Waals surface area contributed by atoms with Gasteiger partial charge in [0.2, 0.25) is 5.89 Å². The smallest absolute Gasteiger partial charge is 0.338 e. The molecule has 3 aromatic rings. The molecule has 6 heteroatoms. The van der Waals surface area contributed by atoms with Gasteiger partial charge in [-0.3, -0.25) is 0 Å². The van der Waals surface area contributed by atoms with Crippen LogP contribution in [-0.2, 0) is 4.74 Å². The van der Waals surface area contributed by atoms with Crippen molar-refractivity contribution in [3.05, 3.63) is 70.5 Å². The lowest BCUT2D eigenvalue weighted by Crippen LogP contribution is -2.09. The van der Waals surface area contributed by atoms with Crippen LogP contribution >= 0.6 is 15.9 Å². The summed E-state index contributed by atoms with van der Waals surface area (Å²) in [6, 6.07) is 16.3. The van der Waals surface area contributed by atoms with Gasteiger partial charge in [-0.05, 0) is 43.3 Å². The van der Waals surface area contributed by atoms with Crippen LogP contribution in [-0.4, -0.2) is 16.2 Å². The summed E-state index contributed by atoms with van der Waals surface area (Å²) in [6.07, 6.45) is -0.629. The van der Waals surface area contributed by atoms with Crippen molar-refractivity contribution < 1.29 is 13.9 Å². The Morgan fingerprint density at radius 1 is 1.09 bits per heavy atom. The molecule has 0 fully saturated rings. The molecular weight excluding hydrogens is 360 g/mol. The fourth-order valence-electron chi connectivity index (χ4n) is 1.96. The number of nitrogens with zero attached hydrogens (tertiary/aromatic N) is 2. The highest BCUT2D eigenvalue weighted by atomic mass is 79.9. The van der Waals surface area contributed by atoms with Gasteiger partial charge in [0.05, 0.1) is 5.56 Å². The summed E-state index contributed by atoms with van der Waals surface area (Å²) >= 11 is 3.32. The Bertz CT molecular complexity index is 800. The summed E-state index contributed by atoms with van der Waals surface area (Å²) in [5.41, 5.74) is 1.28. The molecular formula is C17H13BrN2O3. The van der Waals surface area contributed by atoms with E-state index in [4.69, 9.17) is 9.15 Å². The maximum absolute atomic E-state index is 12.1. The number of ether oxygens (including phenoxy) is 1. The molecule has 5 nitrogen and oxygen atoms in total. The molecule has 0 amide bonds. The zero-order valence-electron chi connectivity index (χ0n) is 12.3. The Kier molecular flexibility index (Phi) is 4.52. The van der Waals surface area contributed by atoms with Gasteiger partial charge in [0.25, 0.3) is 5.89 Å². The zero-order chi connectivity index (χ0) is 16.2. The van der Waals surface area contributed by atoms with Gasteiger partial charge < -0.3 is 9.15 Å². The van der Waals surface area contributed by atoms with Crippen LogP contribution in [0.2, 0.25) is 0 Å². The van der Waals surface area contributed by atoms with E-state index in [0.29, 0.717) is 11.5 Å². The summed E-state index contributed by atoms with van der Waals surface area (Å²) in [6.45, 7) is 1.69. The molecule has 0 saturated carbocycles. The lowest BCUT2D eigenvalue weighted by atomic mass is 10.2. The van der Waals surface area contributed by atoms with Gasteiger partial charge in [0.1, 0.15) is 0 Å². The standard InChI is InChI=1S/C17H13BrN2O3/c1-11(22-17(21)13-7-9-14(18)10-8-13)15-19-20-16(23-15)12-5-3-2-4-6-12/h2-11H,1H3/t11-/m1/s1. The predicted octanol–water partition coefficient (Wildman–Crippen LogP) is 4.42. The summed E-state index contributed by atoms with van der Waals surface area (Å²) in [7, 11) is 0. The van der Waals surface area contributed by atoms with Gasteiger partial charge in [0, 0.05) is 10.0 Å². The van der Waals surface area contributed by atoms with Gasteiger partial charge in [-0.2, -0.15) is 0 Å². The van der Waals surface area contributed by atoms with E-state index < -0.39 is 12.1 Å². The van der Waals surface area contributed by atoms with Crippen molar-refractivity contribution in [1.82, 2.24) is 10.2 Å². The minimum Gasteiger partial charge on any atom is -0.449 e. The third kappa shape index (κ3) is 3.65. The third-order valence-electron chi connectivity index (χ3n) is 3.17. The Morgan fingerprint density at radius 2 is 1.78 bits per heavy atom. The van der Waals surface area contributed by atoms with Gasteiger partial charge in [0.15, 0.2) is 6.10 Å². The predicted molar refractivity (Wildman–Crippen MR) is 87.7 cm³/mol. The van der Waals surface area contributed by atoms with E-state index in [1.165, 1.54) is 0 Å². The van der Waals surface area contributed by atoms with E-state index in [0.717, 1.165) is 10.0 Å². The van der Waals surface area contributed by atoms with Crippen molar-refractivity contribution in [2.75, 3.05) is 0 Å². The number of hydrogen-bond donors (Lipinski definition) is 0.